The SMILES string of the molecule is CCOC(=O)CN1CC[C@H](c2cc3c(cnn3-c3cc(N4C[C@@H]5C[C@H]4CO5)nc(OC)n3)cc2C)[C@H](F)C1. The van der Waals surface area contributed by atoms with Crippen LogP contribution in [0, 0.1) is 6.92 Å². The summed E-state index contributed by atoms with van der Waals surface area (Å²) in [6.45, 7) is 6.56. The molecule has 0 unspecified atom stereocenters. The van der Waals surface area contributed by atoms with Gasteiger partial charge in [0, 0.05) is 30.5 Å². The summed E-state index contributed by atoms with van der Waals surface area (Å²) >= 11 is 0. The van der Waals surface area contributed by atoms with Crippen molar-refractivity contribution in [1.82, 2.24) is 24.6 Å². The maximum Gasteiger partial charge on any atom is 0.320 e. The van der Waals surface area contributed by atoms with Gasteiger partial charge in [0.05, 0.1) is 50.7 Å². The molecule has 2 aromatic heterocycles. The summed E-state index contributed by atoms with van der Waals surface area (Å²) in [7, 11) is 1.56. The van der Waals surface area contributed by atoms with Crippen LogP contribution < -0.4 is 9.64 Å². The van der Waals surface area contributed by atoms with Crippen LogP contribution in [0.1, 0.15) is 36.8 Å². The van der Waals surface area contributed by atoms with Crippen LogP contribution in [0.2, 0.25) is 0 Å². The van der Waals surface area contributed by atoms with E-state index in [1.165, 1.54) is 0 Å². The molecule has 1 aromatic carbocycles. The van der Waals surface area contributed by atoms with E-state index >= 15 is 4.39 Å². The van der Waals surface area contributed by atoms with Gasteiger partial charge in [0.15, 0.2) is 5.82 Å². The zero-order chi connectivity index (χ0) is 26.4. The molecule has 3 saturated heterocycles. The lowest BCUT2D eigenvalue weighted by atomic mass is 9.85. The van der Waals surface area contributed by atoms with Crippen LogP contribution in [0.15, 0.2) is 24.4 Å². The maximum absolute atomic E-state index is 15.5. The summed E-state index contributed by atoms with van der Waals surface area (Å²) in [4.78, 5) is 25.2. The standard InChI is InChI=1S/C27H33FN6O4/c1-4-37-26(35)14-32-6-5-20(22(28)13-32)21-9-23-17(7-16(21)2)11-29-34(23)25-10-24(30-27(31-25)36-3)33-12-19-8-18(33)15-38-19/h7,9-11,18-20,22H,4-6,8,12-15H2,1-3H3/t18-,19-,20+,22+/m0/s1. The number of alkyl halides is 1. The minimum Gasteiger partial charge on any atom is -0.467 e. The van der Waals surface area contributed by atoms with Gasteiger partial charge in [-0.05, 0) is 56.5 Å². The van der Waals surface area contributed by atoms with E-state index in [9.17, 15) is 4.79 Å². The molecule has 0 saturated carbocycles. The largest absolute Gasteiger partial charge is 0.467 e. The number of rotatable bonds is 7. The van der Waals surface area contributed by atoms with E-state index in [-0.39, 0.29) is 37.1 Å². The van der Waals surface area contributed by atoms with Crippen molar-refractivity contribution in [3.8, 4) is 11.8 Å². The minimum atomic E-state index is -1.09. The number of ether oxygens (including phenoxy) is 3. The van der Waals surface area contributed by atoms with Crippen molar-refractivity contribution in [2.24, 2.45) is 0 Å². The molecule has 202 valence electrons. The number of likely N-dealkylation sites (tertiary alicyclic amines) is 1. The molecule has 2 bridgehead atoms. The van der Waals surface area contributed by atoms with Crippen molar-refractivity contribution in [3.05, 3.63) is 35.5 Å². The molecule has 0 amide bonds. The summed E-state index contributed by atoms with van der Waals surface area (Å²) in [6, 6.07) is 6.60. The maximum atomic E-state index is 15.5. The van der Waals surface area contributed by atoms with E-state index in [2.05, 4.69) is 26.0 Å². The number of benzene rings is 1. The van der Waals surface area contributed by atoms with Crippen LogP contribution in [-0.2, 0) is 14.3 Å². The van der Waals surface area contributed by atoms with E-state index in [0.717, 1.165) is 40.8 Å². The number of aromatic nitrogens is 4. The van der Waals surface area contributed by atoms with Crippen molar-refractivity contribution in [1.29, 1.82) is 0 Å². The molecule has 4 atom stereocenters. The highest BCUT2D eigenvalue weighted by atomic mass is 19.1. The number of anilines is 1. The van der Waals surface area contributed by atoms with Crippen LogP contribution >= 0.6 is 0 Å². The molecular formula is C27H33FN6O4. The first-order chi connectivity index (χ1) is 18.4. The van der Waals surface area contributed by atoms with Crippen molar-refractivity contribution in [3.63, 3.8) is 0 Å². The Morgan fingerprint density at radius 3 is 2.76 bits per heavy atom. The number of carbonyl (C=O) groups is 1. The van der Waals surface area contributed by atoms with Gasteiger partial charge in [0.2, 0.25) is 0 Å². The second-order valence-electron chi connectivity index (χ2n) is 10.3. The molecule has 0 N–H and O–H groups in total. The predicted molar refractivity (Wildman–Crippen MR) is 139 cm³/mol. The number of hydrogen-bond acceptors (Lipinski definition) is 9. The molecule has 10 nitrogen and oxygen atoms in total. The van der Waals surface area contributed by atoms with Gasteiger partial charge < -0.3 is 19.1 Å². The average Bonchev–Trinajstić information content (AvgIpc) is 3.64. The highest BCUT2D eigenvalue weighted by Gasteiger charge is 2.40. The molecule has 11 heteroatoms. The van der Waals surface area contributed by atoms with Gasteiger partial charge in [-0.25, -0.2) is 9.07 Å². The number of halogens is 1. The first-order valence-corrected chi connectivity index (χ1v) is 13.3. The van der Waals surface area contributed by atoms with Crippen molar-refractivity contribution >= 4 is 22.7 Å². The van der Waals surface area contributed by atoms with Gasteiger partial charge in [-0.2, -0.15) is 15.1 Å². The topological polar surface area (TPSA) is 94.8 Å². The highest BCUT2D eigenvalue weighted by molar-refractivity contribution is 5.82. The molecule has 3 aromatic rings. The monoisotopic (exact) mass is 524 g/mol. The molecule has 6 rings (SSSR count). The Balaban J connectivity index is 1.30. The van der Waals surface area contributed by atoms with Gasteiger partial charge in [-0.1, -0.05) is 0 Å². The summed E-state index contributed by atoms with van der Waals surface area (Å²) in [5.41, 5.74) is 2.83. The molecule has 38 heavy (non-hydrogen) atoms. The molecule has 5 heterocycles. The Morgan fingerprint density at radius 1 is 1.21 bits per heavy atom. The van der Waals surface area contributed by atoms with E-state index in [4.69, 9.17) is 14.2 Å². The molecular weight excluding hydrogens is 491 g/mol. The normalized spacial score (nSPS) is 25.3. The van der Waals surface area contributed by atoms with E-state index in [1.54, 1.807) is 24.9 Å². The van der Waals surface area contributed by atoms with Gasteiger partial charge in [0.25, 0.3) is 0 Å². The molecule has 3 fully saturated rings. The Bertz CT molecular complexity index is 1350. The number of esters is 1. The summed E-state index contributed by atoms with van der Waals surface area (Å²) < 4.78 is 33.5. The van der Waals surface area contributed by atoms with E-state index in [0.29, 0.717) is 38.0 Å². The minimum absolute atomic E-state index is 0.119. The first-order valence-electron chi connectivity index (χ1n) is 13.3. The van der Waals surface area contributed by atoms with Gasteiger partial charge >= 0.3 is 12.0 Å². The number of fused-ring (bicyclic) bond motifs is 3. The number of hydrogen-bond donors (Lipinski definition) is 0. The first kappa shape index (κ1) is 25.0. The van der Waals surface area contributed by atoms with Gasteiger partial charge in [-0.3, -0.25) is 9.69 Å². The van der Waals surface area contributed by atoms with E-state index < -0.39 is 6.17 Å². The fourth-order valence-corrected chi connectivity index (χ4v) is 6.06. The fourth-order valence-electron chi connectivity index (χ4n) is 6.06. The van der Waals surface area contributed by atoms with E-state index in [1.807, 2.05) is 24.0 Å². The molecule has 0 radical (unpaired) electrons. The Hall–Kier alpha value is -3.31. The van der Waals surface area contributed by atoms with Crippen LogP contribution in [-0.4, -0.2) is 95.4 Å². The molecule has 0 spiro atoms. The Labute approximate surface area is 220 Å². The second-order valence-corrected chi connectivity index (χ2v) is 10.3. The zero-order valence-electron chi connectivity index (χ0n) is 22.0. The lowest BCUT2D eigenvalue weighted by molar-refractivity contribution is -0.145. The van der Waals surface area contributed by atoms with Crippen LogP contribution in [0.5, 0.6) is 6.01 Å². The number of methoxy groups -OCH3 is 1. The third kappa shape index (κ3) is 4.58. The highest BCUT2D eigenvalue weighted by Crippen LogP contribution is 2.36. The number of aryl methyl sites for hydroxylation is 1. The molecule has 0 aliphatic carbocycles. The van der Waals surface area contributed by atoms with Gasteiger partial charge in [-0.15, -0.1) is 0 Å². The molecule has 3 aliphatic heterocycles. The zero-order valence-corrected chi connectivity index (χ0v) is 22.0. The number of nitrogens with zero attached hydrogens (tertiary/aromatic N) is 6. The van der Waals surface area contributed by atoms with Crippen LogP contribution in [0.3, 0.4) is 0 Å². The fraction of sp³-hybridized carbons (Fsp3) is 0.556. The summed E-state index contributed by atoms with van der Waals surface area (Å²) in [5.74, 6) is 0.809. The van der Waals surface area contributed by atoms with Gasteiger partial charge in [0.1, 0.15) is 12.0 Å². The van der Waals surface area contributed by atoms with Crippen molar-refractivity contribution in [2.45, 2.75) is 50.9 Å². The van der Waals surface area contributed by atoms with Crippen LogP contribution in [0.4, 0.5) is 10.2 Å². The molecule has 3 aliphatic rings. The second kappa shape index (κ2) is 10.1. The third-order valence-corrected chi connectivity index (χ3v) is 7.91. The predicted octanol–water partition coefficient (Wildman–Crippen LogP) is 2.80. The lowest BCUT2D eigenvalue weighted by Gasteiger charge is -2.35. The summed E-state index contributed by atoms with van der Waals surface area (Å²) in [5, 5.41) is 5.59. The van der Waals surface area contributed by atoms with Crippen molar-refractivity contribution in [2.75, 3.05) is 51.4 Å². The Kier molecular flexibility index (Phi) is 6.65. The number of morpholine rings is 1. The average molecular weight is 525 g/mol. The quantitative estimate of drug-likeness (QED) is 0.433. The third-order valence-electron chi connectivity index (χ3n) is 7.91. The Morgan fingerprint density at radius 2 is 2.05 bits per heavy atom. The number of carbonyl (C=O) groups excluding carboxylic acids is 1. The smallest absolute Gasteiger partial charge is 0.320 e. The van der Waals surface area contributed by atoms with Crippen molar-refractivity contribution < 1.29 is 23.4 Å². The summed E-state index contributed by atoms with van der Waals surface area (Å²) in [6.07, 6.45) is 2.56. The number of piperidine rings is 1. The van der Waals surface area contributed by atoms with Crippen LogP contribution in [0.25, 0.3) is 16.7 Å². The lowest BCUT2D eigenvalue weighted by Crippen LogP contribution is -2.43.